The minimum Gasteiger partial charge on any atom is -0.469 e. The summed E-state index contributed by atoms with van der Waals surface area (Å²) in [5.74, 6) is 6.76. The summed E-state index contributed by atoms with van der Waals surface area (Å²) in [6, 6.07) is 5.72. The van der Waals surface area contributed by atoms with Crippen LogP contribution >= 0.6 is 11.3 Å². The molecule has 0 aliphatic carbocycles. The number of furan rings is 1. The summed E-state index contributed by atoms with van der Waals surface area (Å²) in [5.41, 5.74) is 6.30. The molecule has 0 saturated heterocycles. The van der Waals surface area contributed by atoms with Gasteiger partial charge in [0.05, 0.1) is 19.4 Å². The smallest absolute Gasteiger partial charge is 0.223 e. The fourth-order valence-electron chi connectivity index (χ4n) is 1.88. The highest BCUT2D eigenvalue weighted by atomic mass is 32.1. The van der Waals surface area contributed by atoms with Gasteiger partial charge in [0.1, 0.15) is 5.76 Å². The number of nitrogens with zero attached hydrogens (tertiary/aromatic N) is 1. The molecule has 0 aromatic carbocycles. The molecule has 4 nitrogen and oxygen atoms in total. The zero-order valence-corrected chi connectivity index (χ0v) is 12.8. The van der Waals surface area contributed by atoms with E-state index in [-0.39, 0.29) is 5.91 Å². The van der Waals surface area contributed by atoms with Gasteiger partial charge in [0, 0.05) is 35.7 Å². The maximum Gasteiger partial charge on any atom is 0.223 e. The van der Waals surface area contributed by atoms with Gasteiger partial charge in [0.15, 0.2) is 0 Å². The molecule has 110 valence electrons. The highest BCUT2D eigenvalue weighted by Crippen LogP contribution is 2.16. The molecule has 0 unspecified atom stereocenters. The molecule has 0 fully saturated rings. The number of carbonyl (C=O) groups excluding carboxylic acids is 1. The van der Waals surface area contributed by atoms with Crippen molar-refractivity contribution in [2.45, 2.75) is 19.4 Å². The van der Waals surface area contributed by atoms with Gasteiger partial charge in [-0.2, -0.15) is 0 Å². The van der Waals surface area contributed by atoms with Gasteiger partial charge in [-0.05, 0) is 18.2 Å². The topological polar surface area (TPSA) is 59.5 Å². The lowest BCUT2D eigenvalue weighted by atomic mass is 10.2. The first-order valence-corrected chi connectivity index (χ1v) is 7.59. The Morgan fingerprint density at radius 2 is 2.38 bits per heavy atom. The number of amides is 1. The van der Waals surface area contributed by atoms with E-state index in [9.17, 15) is 4.79 Å². The number of rotatable bonds is 5. The molecule has 1 amide bonds. The van der Waals surface area contributed by atoms with Crippen molar-refractivity contribution in [3.63, 3.8) is 0 Å². The lowest BCUT2D eigenvalue weighted by molar-refractivity contribution is -0.130. The Morgan fingerprint density at radius 3 is 3.10 bits per heavy atom. The van der Waals surface area contributed by atoms with E-state index in [0.717, 1.165) is 16.2 Å². The maximum absolute atomic E-state index is 12.1. The van der Waals surface area contributed by atoms with E-state index in [1.165, 1.54) is 0 Å². The normalized spacial score (nSPS) is 10.0. The predicted molar refractivity (Wildman–Crippen MR) is 83.8 cm³/mol. The van der Waals surface area contributed by atoms with Crippen molar-refractivity contribution in [1.29, 1.82) is 0 Å². The monoisotopic (exact) mass is 302 g/mol. The third-order valence-electron chi connectivity index (χ3n) is 2.97. The molecule has 0 spiro atoms. The predicted octanol–water partition coefficient (Wildman–Crippen LogP) is 2.24. The molecule has 0 saturated carbocycles. The highest BCUT2D eigenvalue weighted by Gasteiger charge is 2.11. The lowest BCUT2D eigenvalue weighted by Crippen LogP contribution is -2.25. The fraction of sp³-hybridized carbons (Fsp3) is 0.312. The first-order valence-electron chi connectivity index (χ1n) is 6.71. The Bertz CT molecular complexity index is 635. The molecular formula is C16H18N2O2S. The second-order valence-electron chi connectivity index (χ2n) is 4.64. The number of hydrogen-bond acceptors (Lipinski definition) is 4. The molecule has 2 aromatic rings. The van der Waals surface area contributed by atoms with Crippen molar-refractivity contribution in [2.75, 3.05) is 13.6 Å². The van der Waals surface area contributed by atoms with Gasteiger partial charge in [-0.1, -0.05) is 11.8 Å². The third kappa shape index (κ3) is 4.78. The van der Waals surface area contributed by atoms with E-state index in [2.05, 4.69) is 11.8 Å². The van der Waals surface area contributed by atoms with Crippen molar-refractivity contribution in [3.05, 3.63) is 46.0 Å². The van der Waals surface area contributed by atoms with Gasteiger partial charge in [-0.3, -0.25) is 4.79 Å². The summed E-state index contributed by atoms with van der Waals surface area (Å²) in [5, 5.41) is 1.99. The zero-order valence-electron chi connectivity index (χ0n) is 12.0. The molecule has 0 aliphatic heterocycles. The average Bonchev–Trinajstić information content (AvgIpc) is 3.14. The Balaban J connectivity index is 1.84. The van der Waals surface area contributed by atoms with Crippen LogP contribution in [0.25, 0.3) is 0 Å². The SMILES string of the molecule is CN(Cc1cc(C#CCN)cs1)C(=O)CCc1ccco1. The molecule has 0 atom stereocenters. The van der Waals surface area contributed by atoms with Crippen molar-refractivity contribution in [2.24, 2.45) is 5.73 Å². The first kappa shape index (κ1) is 15.4. The van der Waals surface area contributed by atoms with Crippen LogP contribution in [0.15, 0.2) is 34.3 Å². The molecule has 0 radical (unpaired) electrons. The maximum atomic E-state index is 12.1. The van der Waals surface area contributed by atoms with E-state index in [1.807, 2.05) is 30.6 Å². The summed E-state index contributed by atoms with van der Waals surface area (Å²) < 4.78 is 5.23. The van der Waals surface area contributed by atoms with Crippen LogP contribution in [0.3, 0.4) is 0 Å². The first-order chi connectivity index (χ1) is 10.2. The van der Waals surface area contributed by atoms with Crippen LogP contribution in [0.1, 0.15) is 22.6 Å². The molecular weight excluding hydrogens is 284 g/mol. The zero-order chi connectivity index (χ0) is 15.1. The van der Waals surface area contributed by atoms with Crippen LogP contribution in [0, 0.1) is 11.8 Å². The van der Waals surface area contributed by atoms with Crippen molar-refractivity contribution < 1.29 is 9.21 Å². The quantitative estimate of drug-likeness (QED) is 0.862. The molecule has 2 N–H and O–H groups in total. The van der Waals surface area contributed by atoms with Crippen molar-refractivity contribution in [3.8, 4) is 11.8 Å². The minimum absolute atomic E-state index is 0.106. The molecule has 2 heterocycles. The van der Waals surface area contributed by atoms with Gasteiger partial charge >= 0.3 is 0 Å². The molecule has 5 heteroatoms. The highest BCUT2D eigenvalue weighted by molar-refractivity contribution is 7.10. The second kappa shape index (κ2) is 7.67. The van der Waals surface area contributed by atoms with Crippen LogP contribution in [-0.4, -0.2) is 24.4 Å². The molecule has 21 heavy (non-hydrogen) atoms. The standard InChI is InChI=1S/C16H18N2O2S/c1-18(16(19)7-6-14-5-3-9-20-14)11-15-10-13(12-21-15)4-2-8-17/h3,5,9-10,12H,6-8,11,17H2,1H3. The molecule has 0 aliphatic rings. The summed E-state index contributed by atoms with van der Waals surface area (Å²) in [6.45, 7) is 0.961. The van der Waals surface area contributed by atoms with Crippen LogP contribution in [0.2, 0.25) is 0 Å². The number of nitrogens with two attached hydrogens (primary N) is 1. The number of carbonyl (C=O) groups is 1. The van der Waals surface area contributed by atoms with Crippen molar-refractivity contribution >= 4 is 17.2 Å². The van der Waals surface area contributed by atoms with Gasteiger partial charge in [-0.25, -0.2) is 0 Å². The Hall–Kier alpha value is -2.03. The summed E-state index contributed by atoms with van der Waals surface area (Å²) in [4.78, 5) is 14.9. The summed E-state index contributed by atoms with van der Waals surface area (Å²) >= 11 is 1.61. The van der Waals surface area contributed by atoms with E-state index < -0.39 is 0 Å². The van der Waals surface area contributed by atoms with E-state index >= 15 is 0 Å². The van der Waals surface area contributed by atoms with Crippen LogP contribution in [-0.2, 0) is 17.8 Å². The van der Waals surface area contributed by atoms with E-state index in [4.69, 9.17) is 10.2 Å². The van der Waals surface area contributed by atoms with Crippen LogP contribution in [0.4, 0.5) is 0 Å². The fourth-order valence-corrected chi connectivity index (χ4v) is 2.75. The van der Waals surface area contributed by atoms with Gasteiger partial charge < -0.3 is 15.1 Å². The molecule has 2 rings (SSSR count). The van der Waals surface area contributed by atoms with Gasteiger partial charge in [0.2, 0.25) is 5.91 Å². The third-order valence-corrected chi connectivity index (χ3v) is 3.89. The van der Waals surface area contributed by atoms with Gasteiger partial charge in [0.25, 0.3) is 0 Å². The van der Waals surface area contributed by atoms with Crippen LogP contribution < -0.4 is 5.73 Å². The molecule has 2 aromatic heterocycles. The lowest BCUT2D eigenvalue weighted by Gasteiger charge is -2.15. The Morgan fingerprint density at radius 1 is 1.52 bits per heavy atom. The van der Waals surface area contributed by atoms with E-state index in [1.54, 1.807) is 22.5 Å². The largest absolute Gasteiger partial charge is 0.469 e. The molecule has 0 bridgehead atoms. The summed E-state index contributed by atoms with van der Waals surface area (Å²) in [6.07, 6.45) is 2.71. The van der Waals surface area contributed by atoms with Crippen LogP contribution in [0.5, 0.6) is 0 Å². The summed E-state index contributed by atoms with van der Waals surface area (Å²) in [7, 11) is 1.81. The van der Waals surface area contributed by atoms with E-state index in [0.29, 0.717) is 25.9 Å². The van der Waals surface area contributed by atoms with Crippen molar-refractivity contribution in [1.82, 2.24) is 4.90 Å². The minimum atomic E-state index is 0.106. The number of hydrogen-bond donors (Lipinski definition) is 1. The Labute approximate surface area is 128 Å². The van der Waals surface area contributed by atoms with Gasteiger partial charge in [-0.15, -0.1) is 11.3 Å². The number of aryl methyl sites for hydroxylation is 1. The second-order valence-corrected chi connectivity index (χ2v) is 5.63. The average molecular weight is 302 g/mol. The Kier molecular flexibility index (Phi) is 5.61. The number of thiophene rings is 1.